The number of rotatable bonds is 3. The standard InChI is InChI=1S/C12H18N4O2/c1-15(12(17)9-4-3-7-18-9)8-11-14-13-10-5-2-6-16(10)11/h9H,2-8H2,1H3. The van der Waals surface area contributed by atoms with Gasteiger partial charge in [-0.15, -0.1) is 10.2 Å². The first kappa shape index (κ1) is 11.6. The quantitative estimate of drug-likeness (QED) is 0.777. The van der Waals surface area contributed by atoms with Crippen LogP contribution in [0.1, 0.15) is 30.9 Å². The van der Waals surface area contributed by atoms with Crippen LogP contribution in [0.25, 0.3) is 0 Å². The topological polar surface area (TPSA) is 60.2 Å². The molecule has 3 rings (SSSR count). The molecule has 1 amide bonds. The lowest BCUT2D eigenvalue weighted by molar-refractivity contribution is -0.140. The molecule has 0 bridgehead atoms. The molecule has 0 radical (unpaired) electrons. The highest BCUT2D eigenvalue weighted by Crippen LogP contribution is 2.17. The second-order valence-corrected chi connectivity index (χ2v) is 4.98. The van der Waals surface area contributed by atoms with Crippen LogP contribution in [0.4, 0.5) is 0 Å². The van der Waals surface area contributed by atoms with Crippen molar-refractivity contribution in [2.45, 2.75) is 44.9 Å². The van der Waals surface area contributed by atoms with Gasteiger partial charge in [-0.1, -0.05) is 0 Å². The second-order valence-electron chi connectivity index (χ2n) is 4.98. The molecule has 0 aromatic carbocycles. The van der Waals surface area contributed by atoms with Crippen molar-refractivity contribution >= 4 is 5.91 Å². The molecule has 0 aliphatic carbocycles. The molecular formula is C12H18N4O2. The van der Waals surface area contributed by atoms with E-state index in [0.717, 1.165) is 43.9 Å². The zero-order valence-electron chi connectivity index (χ0n) is 10.6. The number of amides is 1. The predicted molar refractivity (Wildman–Crippen MR) is 63.8 cm³/mol. The number of carbonyl (C=O) groups excluding carboxylic acids is 1. The van der Waals surface area contributed by atoms with E-state index in [1.54, 1.807) is 11.9 Å². The van der Waals surface area contributed by atoms with Crippen LogP contribution in [0.2, 0.25) is 0 Å². The molecule has 18 heavy (non-hydrogen) atoms. The number of ether oxygens (including phenoxy) is 1. The van der Waals surface area contributed by atoms with Gasteiger partial charge in [-0.05, 0) is 19.3 Å². The molecule has 6 heteroatoms. The molecule has 1 aromatic heterocycles. The molecule has 0 spiro atoms. The lowest BCUT2D eigenvalue weighted by Crippen LogP contribution is -2.36. The van der Waals surface area contributed by atoms with Gasteiger partial charge in [-0.2, -0.15) is 0 Å². The Balaban J connectivity index is 1.66. The SMILES string of the molecule is CN(Cc1nnc2n1CCC2)C(=O)C1CCCO1. The maximum atomic E-state index is 12.1. The van der Waals surface area contributed by atoms with Crippen LogP contribution in [0.5, 0.6) is 0 Å². The van der Waals surface area contributed by atoms with E-state index in [9.17, 15) is 4.79 Å². The summed E-state index contributed by atoms with van der Waals surface area (Å²) in [6.07, 6.45) is 3.68. The van der Waals surface area contributed by atoms with Crippen LogP contribution >= 0.6 is 0 Å². The molecule has 1 aromatic rings. The zero-order valence-corrected chi connectivity index (χ0v) is 10.6. The number of nitrogens with zero attached hydrogens (tertiary/aromatic N) is 4. The minimum absolute atomic E-state index is 0.0582. The Labute approximate surface area is 106 Å². The first-order valence-electron chi connectivity index (χ1n) is 6.53. The van der Waals surface area contributed by atoms with Gasteiger partial charge in [0, 0.05) is 26.6 Å². The minimum Gasteiger partial charge on any atom is -0.368 e. The van der Waals surface area contributed by atoms with E-state index in [-0.39, 0.29) is 12.0 Å². The van der Waals surface area contributed by atoms with Crippen molar-refractivity contribution in [1.82, 2.24) is 19.7 Å². The van der Waals surface area contributed by atoms with E-state index in [4.69, 9.17) is 4.74 Å². The summed E-state index contributed by atoms with van der Waals surface area (Å²) in [6, 6.07) is 0. The summed E-state index contributed by atoms with van der Waals surface area (Å²) in [6.45, 7) is 2.19. The third-order valence-corrected chi connectivity index (χ3v) is 3.65. The number of likely N-dealkylation sites (N-methyl/N-ethyl adjacent to an activating group) is 1. The molecule has 3 heterocycles. The van der Waals surface area contributed by atoms with E-state index in [1.165, 1.54) is 0 Å². The summed E-state index contributed by atoms with van der Waals surface area (Å²) >= 11 is 0. The van der Waals surface area contributed by atoms with E-state index in [2.05, 4.69) is 14.8 Å². The zero-order chi connectivity index (χ0) is 12.5. The van der Waals surface area contributed by atoms with Gasteiger partial charge in [0.2, 0.25) is 0 Å². The monoisotopic (exact) mass is 250 g/mol. The van der Waals surface area contributed by atoms with Gasteiger partial charge in [0.1, 0.15) is 11.9 Å². The van der Waals surface area contributed by atoms with E-state index in [1.807, 2.05) is 0 Å². The number of hydrogen-bond acceptors (Lipinski definition) is 4. The number of hydrogen-bond donors (Lipinski definition) is 0. The average molecular weight is 250 g/mol. The van der Waals surface area contributed by atoms with Gasteiger partial charge in [-0.25, -0.2) is 0 Å². The van der Waals surface area contributed by atoms with Crippen LogP contribution < -0.4 is 0 Å². The van der Waals surface area contributed by atoms with Crippen LogP contribution in [0.3, 0.4) is 0 Å². The second kappa shape index (κ2) is 4.68. The highest BCUT2D eigenvalue weighted by atomic mass is 16.5. The van der Waals surface area contributed by atoms with Gasteiger partial charge in [0.15, 0.2) is 5.82 Å². The van der Waals surface area contributed by atoms with Crippen molar-refractivity contribution in [2.75, 3.05) is 13.7 Å². The maximum Gasteiger partial charge on any atom is 0.251 e. The smallest absolute Gasteiger partial charge is 0.251 e. The number of carbonyl (C=O) groups is 1. The van der Waals surface area contributed by atoms with Crippen LogP contribution in [-0.2, 0) is 29.0 Å². The molecule has 1 unspecified atom stereocenters. The Kier molecular flexibility index (Phi) is 3.03. The van der Waals surface area contributed by atoms with Crippen molar-refractivity contribution in [1.29, 1.82) is 0 Å². The fourth-order valence-electron chi connectivity index (χ4n) is 2.64. The molecule has 1 fully saturated rings. The average Bonchev–Trinajstić information content (AvgIpc) is 3.06. The third kappa shape index (κ3) is 2.01. The van der Waals surface area contributed by atoms with Gasteiger partial charge in [0.05, 0.1) is 6.54 Å². The minimum atomic E-state index is -0.254. The van der Waals surface area contributed by atoms with Gasteiger partial charge >= 0.3 is 0 Å². The van der Waals surface area contributed by atoms with Crippen molar-refractivity contribution in [3.8, 4) is 0 Å². The lowest BCUT2D eigenvalue weighted by atomic mass is 10.2. The Hall–Kier alpha value is -1.43. The lowest BCUT2D eigenvalue weighted by Gasteiger charge is -2.20. The Morgan fingerprint density at radius 1 is 1.50 bits per heavy atom. The number of aromatic nitrogens is 3. The summed E-state index contributed by atoms with van der Waals surface area (Å²) in [7, 11) is 1.81. The predicted octanol–water partition coefficient (Wildman–Crippen LogP) is 0.362. The molecule has 0 saturated carbocycles. The molecule has 98 valence electrons. The highest BCUT2D eigenvalue weighted by molar-refractivity contribution is 5.80. The molecule has 2 aliphatic heterocycles. The molecule has 2 aliphatic rings. The normalized spacial score (nSPS) is 22.2. The Morgan fingerprint density at radius 2 is 2.39 bits per heavy atom. The first-order valence-corrected chi connectivity index (χ1v) is 6.53. The molecular weight excluding hydrogens is 232 g/mol. The van der Waals surface area contributed by atoms with E-state index < -0.39 is 0 Å². The maximum absolute atomic E-state index is 12.1. The van der Waals surface area contributed by atoms with Gasteiger partial charge < -0.3 is 14.2 Å². The Bertz CT molecular complexity index is 451. The van der Waals surface area contributed by atoms with Crippen LogP contribution in [0.15, 0.2) is 0 Å². The van der Waals surface area contributed by atoms with Gasteiger partial charge in [-0.3, -0.25) is 4.79 Å². The molecule has 1 atom stereocenters. The summed E-state index contributed by atoms with van der Waals surface area (Å²) in [5.74, 6) is 1.99. The highest BCUT2D eigenvalue weighted by Gasteiger charge is 2.27. The summed E-state index contributed by atoms with van der Waals surface area (Å²) in [4.78, 5) is 13.8. The molecule has 6 nitrogen and oxygen atoms in total. The first-order chi connectivity index (χ1) is 8.75. The van der Waals surface area contributed by atoms with Crippen molar-refractivity contribution in [2.24, 2.45) is 0 Å². The van der Waals surface area contributed by atoms with Crippen LogP contribution in [-0.4, -0.2) is 45.3 Å². The van der Waals surface area contributed by atoms with Crippen molar-refractivity contribution in [3.05, 3.63) is 11.6 Å². The summed E-state index contributed by atoms with van der Waals surface area (Å²) in [5.41, 5.74) is 0. The van der Waals surface area contributed by atoms with Crippen LogP contribution in [0, 0.1) is 0 Å². The third-order valence-electron chi connectivity index (χ3n) is 3.65. The van der Waals surface area contributed by atoms with Crippen molar-refractivity contribution in [3.63, 3.8) is 0 Å². The summed E-state index contributed by atoms with van der Waals surface area (Å²) < 4.78 is 7.54. The molecule has 1 saturated heterocycles. The Morgan fingerprint density at radius 3 is 3.17 bits per heavy atom. The van der Waals surface area contributed by atoms with E-state index >= 15 is 0 Å². The fourth-order valence-corrected chi connectivity index (χ4v) is 2.64. The van der Waals surface area contributed by atoms with E-state index in [0.29, 0.717) is 13.2 Å². The number of fused-ring (bicyclic) bond motifs is 1. The van der Waals surface area contributed by atoms with Crippen molar-refractivity contribution < 1.29 is 9.53 Å². The number of aryl methyl sites for hydroxylation is 1. The fraction of sp³-hybridized carbons (Fsp3) is 0.750. The largest absolute Gasteiger partial charge is 0.368 e. The molecule has 0 N–H and O–H groups in total. The summed E-state index contributed by atoms with van der Waals surface area (Å²) in [5, 5.41) is 8.32. The van der Waals surface area contributed by atoms with Gasteiger partial charge in [0.25, 0.3) is 5.91 Å².